The number of aliphatic hydroxyl groups is 1. The lowest BCUT2D eigenvalue weighted by Gasteiger charge is -2.35. The van der Waals surface area contributed by atoms with Crippen molar-refractivity contribution in [2.45, 2.75) is 135 Å². The zero-order valence-corrected chi connectivity index (χ0v) is 18.9. The van der Waals surface area contributed by atoms with E-state index >= 15 is 0 Å². The zero-order valence-electron chi connectivity index (χ0n) is 18.9. The lowest BCUT2D eigenvalue weighted by atomic mass is 9.93. The molecule has 1 saturated heterocycles. The van der Waals surface area contributed by atoms with E-state index in [-0.39, 0.29) is 6.04 Å². The smallest absolute Gasteiger partial charge is 0.408 e. The largest absolute Gasteiger partial charge is 0.444 e. The minimum absolute atomic E-state index is 0.275. The third kappa shape index (κ3) is 12.6. The van der Waals surface area contributed by atoms with E-state index in [1.165, 1.54) is 70.6 Å². The summed E-state index contributed by atoms with van der Waals surface area (Å²) in [5.74, 6) is 0. The van der Waals surface area contributed by atoms with Gasteiger partial charge in [-0.05, 0) is 33.6 Å². The van der Waals surface area contributed by atoms with Gasteiger partial charge in [0.1, 0.15) is 5.60 Å². The lowest BCUT2D eigenvalue weighted by molar-refractivity contribution is 0.0340. The van der Waals surface area contributed by atoms with Crippen molar-refractivity contribution in [2.24, 2.45) is 0 Å². The second-order valence-electron chi connectivity index (χ2n) is 9.49. The molecular formula is C23H46N2O3. The third-order valence-corrected chi connectivity index (χ3v) is 5.48. The van der Waals surface area contributed by atoms with Gasteiger partial charge < -0.3 is 20.5 Å². The van der Waals surface area contributed by atoms with E-state index in [1.807, 2.05) is 20.8 Å². The van der Waals surface area contributed by atoms with Gasteiger partial charge in [0.15, 0.2) is 0 Å². The van der Waals surface area contributed by atoms with Crippen molar-refractivity contribution in [1.82, 2.24) is 10.6 Å². The highest BCUT2D eigenvalue weighted by atomic mass is 16.6. The number of carbonyl (C=O) groups excluding carboxylic acids is 1. The van der Waals surface area contributed by atoms with Crippen LogP contribution in [-0.4, -0.2) is 41.5 Å². The highest BCUT2D eigenvalue weighted by Gasteiger charge is 2.30. The van der Waals surface area contributed by atoms with Crippen LogP contribution in [0.15, 0.2) is 0 Å². The van der Waals surface area contributed by atoms with Crippen LogP contribution in [0.5, 0.6) is 0 Å². The summed E-state index contributed by atoms with van der Waals surface area (Å²) in [6.45, 7) is 8.38. The Labute approximate surface area is 173 Å². The number of piperidine rings is 1. The second kappa shape index (κ2) is 14.2. The normalized spacial score (nSPS) is 22.8. The number of hydrogen-bond acceptors (Lipinski definition) is 4. The van der Waals surface area contributed by atoms with Gasteiger partial charge in [-0.2, -0.15) is 0 Å². The molecule has 0 aromatic rings. The Morgan fingerprint density at radius 3 is 2.04 bits per heavy atom. The van der Waals surface area contributed by atoms with Crippen LogP contribution in [0.3, 0.4) is 0 Å². The fourth-order valence-electron chi connectivity index (χ4n) is 3.85. The zero-order chi connectivity index (χ0) is 20.8. The van der Waals surface area contributed by atoms with Crippen molar-refractivity contribution in [2.75, 3.05) is 6.54 Å². The number of hydrogen-bond donors (Lipinski definition) is 3. The van der Waals surface area contributed by atoms with E-state index in [2.05, 4.69) is 17.6 Å². The molecule has 0 unspecified atom stereocenters. The van der Waals surface area contributed by atoms with E-state index < -0.39 is 17.8 Å². The topological polar surface area (TPSA) is 70.6 Å². The van der Waals surface area contributed by atoms with Gasteiger partial charge in [0.2, 0.25) is 0 Å². The molecule has 1 rings (SSSR count). The number of ether oxygens (including phenoxy) is 1. The molecule has 1 fully saturated rings. The Kier molecular flexibility index (Phi) is 12.8. The molecule has 5 nitrogen and oxygen atoms in total. The molecule has 0 aromatic heterocycles. The Morgan fingerprint density at radius 1 is 1.00 bits per heavy atom. The molecule has 1 aliphatic heterocycles. The summed E-state index contributed by atoms with van der Waals surface area (Å²) in [4.78, 5) is 11.9. The highest BCUT2D eigenvalue weighted by molar-refractivity contribution is 5.68. The summed E-state index contributed by atoms with van der Waals surface area (Å²) in [5, 5.41) is 16.6. The van der Waals surface area contributed by atoms with Gasteiger partial charge in [0.05, 0.1) is 12.1 Å². The van der Waals surface area contributed by atoms with Crippen molar-refractivity contribution in [1.29, 1.82) is 0 Å². The molecule has 166 valence electrons. The molecular weight excluding hydrogens is 352 g/mol. The van der Waals surface area contributed by atoms with E-state index in [4.69, 9.17) is 4.74 Å². The number of unbranched alkanes of at least 4 members (excludes halogenated alkanes) is 10. The van der Waals surface area contributed by atoms with Crippen LogP contribution >= 0.6 is 0 Å². The molecule has 0 aromatic carbocycles. The van der Waals surface area contributed by atoms with Crippen molar-refractivity contribution >= 4 is 6.09 Å². The average Bonchev–Trinajstić information content (AvgIpc) is 2.60. The highest BCUT2D eigenvalue weighted by Crippen LogP contribution is 2.17. The fourth-order valence-corrected chi connectivity index (χ4v) is 3.85. The first-order chi connectivity index (χ1) is 13.3. The first-order valence-electron chi connectivity index (χ1n) is 11.7. The molecule has 0 spiro atoms. The predicted octanol–water partition coefficient (Wildman–Crippen LogP) is 5.30. The molecule has 5 heteroatoms. The van der Waals surface area contributed by atoms with Gasteiger partial charge in [-0.1, -0.05) is 77.6 Å². The van der Waals surface area contributed by atoms with Gasteiger partial charge in [0.25, 0.3) is 0 Å². The molecule has 0 saturated carbocycles. The molecule has 3 atom stereocenters. The molecule has 3 N–H and O–H groups in total. The molecule has 0 bridgehead atoms. The van der Waals surface area contributed by atoms with Crippen LogP contribution in [0, 0.1) is 0 Å². The van der Waals surface area contributed by atoms with E-state index in [9.17, 15) is 9.90 Å². The van der Waals surface area contributed by atoms with Crippen LogP contribution in [0.2, 0.25) is 0 Å². The van der Waals surface area contributed by atoms with Crippen molar-refractivity contribution in [3.05, 3.63) is 0 Å². The standard InChI is InChI=1S/C23H46N2O3/c1-5-6-7-8-9-10-11-12-13-14-15-16-19-17-21(26)20(18-24-19)25-22(27)28-23(2,3)4/h19-21,24,26H,5-18H2,1-4H3,(H,25,27)/t19-,20-,21+/m0/s1. The van der Waals surface area contributed by atoms with Crippen LogP contribution in [0.4, 0.5) is 4.79 Å². The number of rotatable bonds is 13. The fraction of sp³-hybridized carbons (Fsp3) is 0.957. The van der Waals surface area contributed by atoms with E-state index in [0.717, 1.165) is 6.42 Å². The van der Waals surface area contributed by atoms with Gasteiger partial charge >= 0.3 is 6.09 Å². The summed E-state index contributed by atoms with van der Waals surface area (Å²) >= 11 is 0. The van der Waals surface area contributed by atoms with Crippen LogP contribution in [-0.2, 0) is 4.74 Å². The summed E-state index contributed by atoms with van der Waals surface area (Å²) in [6.07, 6.45) is 15.7. The van der Waals surface area contributed by atoms with E-state index in [0.29, 0.717) is 19.0 Å². The van der Waals surface area contributed by atoms with Crippen molar-refractivity contribution in [3.63, 3.8) is 0 Å². The molecule has 28 heavy (non-hydrogen) atoms. The average molecular weight is 399 g/mol. The summed E-state index contributed by atoms with van der Waals surface area (Å²) in [5.41, 5.74) is -0.519. The molecule has 1 aliphatic rings. The second-order valence-corrected chi connectivity index (χ2v) is 9.49. The number of aliphatic hydroxyl groups excluding tert-OH is 1. The number of nitrogens with one attached hydrogen (secondary N) is 2. The summed E-state index contributed by atoms with van der Waals surface area (Å²) in [6, 6.07) is 0.0775. The lowest BCUT2D eigenvalue weighted by Crippen LogP contribution is -2.57. The quantitative estimate of drug-likeness (QED) is 0.368. The van der Waals surface area contributed by atoms with Crippen LogP contribution in [0.1, 0.15) is 111 Å². The minimum atomic E-state index is -0.519. The SMILES string of the molecule is CCCCCCCCCCCCC[C@H]1C[C@@H](O)[C@@H](NC(=O)OC(C)(C)C)CN1. The Hall–Kier alpha value is -0.810. The van der Waals surface area contributed by atoms with Crippen LogP contribution in [0.25, 0.3) is 0 Å². The van der Waals surface area contributed by atoms with Crippen molar-refractivity contribution < 1.29 is 14.6 Å². The third-order valence-electron chi connectivity index (χ3n) is 5.48. The molecule has 0 aliphatic carbocycles. The van der Waals surface area contributed by atoms with Gasteiger partial charge in [-0.3, -0.25) is 0 Å². The Balaban J connectivity index is 2.01. The van der Waals surface area contributed by atoms with Crippen molar-refractivity contribution in [3.8, 4) is 0 Å². The van der Waals surface area contributed by atoms with Gasteiger partial charge in [-0.15, -0.1) is 0 Å². The van der Waals surface area contributed by atoms with Gasteiger partial charge in [0, 0.05) is 12.6 Å². The first-order valence-corrected chi connectivity index (χ1v) is 11.7. The Bertz CT molecular complexity index is 409. The maximum absolute atomic E-state index is 11.9. The van der Waals surface area contributed by atoms with E-state index in [1.54, 1.807) is 0 Å². The minimum Gasteiger partial charge on any atom is -0.444 e. The molecule has 1 amide bonds. The number of alkyl carbamates (subject to hydrolysis) is 1. The predicted molar refractivity (Wildman–Crippen MR) is 117 cm³/mol. The number of amides is 1. The maximum atomic E-state index is 11.9. The van der Waals surface area contributed by atoms with Gasteiger partial charge in [-0.25, -0.2) is 4.79 Å². The monoisotopic (exact) mass is 398 g/mol. The summed E-state index contributed by atoms with van der Waals surface area (Å²) in [7, 11) is 0. The van der Waals surface area contributed by atoms with Crippen LogP contribution < -0.4 is 10.6 Å². The molecule has 0 radical (unpaired) electrons. The summed E-state index contributed by atoms with van der Waals surface area (Å²) < 4.78 is 5.27. The Morgan fingerprint density at radius 2 is 1.54 bits per heavy atom. The number of carbonyl (C=O) groups is 1. The molecule has 1 heterocycles. The maximum Gasteiger partial charge on any atom is 0.408 e. The first kappa shape index (κ1) is 25.2.